The van der Waals surface area contributed by atoms with Crippen molar-refractivity contribution in [3.05, 3.63) is 11.6 Å². The van der Waals surface area contributed by atoms with Gasteiger partial charge in [-0.25, -0.2) is 0 Å². The summed E-state index contributed by atoms with van der Waals surface area (Å²) in [6.45, 7) is 2.86. The van der Waals surface area contributed by atoms with Gasteiger partial charge in [-0.2, -0.15) is 0 Å². The number of rotatable bonds is 4. The van der Waals surface area contributed by atoms with Crippen LogP contribution in [0.5, 0.6) is 0 Å². The maximum atomic E-state index is 11.4. The number of carbonyl (C=O) groups excluding carboxylic acids is 1. The SMILES string of the molecule is CC(C)=CC(=O)N[C@@H]1O[C@@H]([C@H](O)CO)[C@H](O)[C@H]1O. The number of hydrogen-bond donors (Lipinski definition) is 5. The minimum atomic E-state index is -1.37. The lowest BCUT2D eigenvalue weighted by Gasteiger charge is -2.18. The summed E-state index contributed by atoms with van der Waals surface area (Å²) in [5.74, 6) is -0.467. The Morgan fingerprint density at radius 3 is 2.50 bits per heavy atom. The number of ether oxygens (including phenoxy) is 1. The summed E-state index contributed by atoms with van der Waals surface area (Å²) in [5, 5.41) is 39.8. The number of amides is 1. The van der Waals surface area contributed by atoms with Gasteiger partial charge in [0.15, 0.2) is 6.23 Å². The van der Waals surface area contributed by atoms with Gasteiger partial charge < -0.3 is 30.5 Å². The van der Waals surface area contributed by atoms with Crippen LogP contribution < -0.4 is 5.32 Å². The molecule has 0 aromatic carbocycles. The normalized spacial score (nSPS) is 33.0. The first-order chi connectivity index (χ1) is 8.36. The molecule has 1 amide bonds. The van der Waals surface area contributed by atoms with Crippen LogP contribution in [-0.4, -0.2) is 63.6 Å². The average molecular weight is 261 g/mol. The minimum absolute atomic E-state index is 0.467. The minimum Gasteiger partial charge on any atom is -0.394 e. The Morgan fingerprint density at radius 1 is 1.39 bits per heavy atom. The van der Waals surface area contributed by atoms with E-state index in [9.17, 15) is 20.1 Å². The highest BCUT2D eigenvalue weighted by Crippen LogP contribution is 2.22. The molecule has 7 nitrogen and oxygen atoms in total. The molecule has 0 aromatic heterocycles. The highest BCUT2D eigenvalue weighted by molar-refractivity contribution is 5.88. The second-order valence-electron chi connectivity index (χ2n) is 4.48. The number of carbonyl (C=O) groups is 1. The van der Waals surface area contributed by atoms with E-state index >= 15 is 0 Å². The van der Waals surface area contributed by atoms with Crippen molar-refractivity contribution in [3.8, 4) is 0 Å². The fourth-order valence-corrected chi connectivity index (χ4v) is 1.69. The van der Waals surface area contributed by atoms with Crippen LogP contribution in [0.25, 0.3) is 0 Å². The number of aliphatic hydroxyl groups excluding tert-OH is 4. The van der Waals surface area contributed by atoms with Gasteiger partial charge >= 0.3 is 0 Å². The van der Waals surface area contributed by atoms with Crippen molar-refractivity contribution in [1.29, 1.82) is 0 Å². The molecular formula is C11H19NO6. The molecule has 0 bridgehead atoms. The first-order valence-corrected chi connectivity index (χ1v) is 5.62. The summed E-state index contributed by atoms with van der Waals surface area (Å²) in [6, 6.07) is 0. The van der Waals surface area contributed by atoms with Gasteiger partial charge in [-0.1, -0.05) is 5.57 Å². The van der Waals surface area contributed by atoms with Gasteiger partial charge in [0.2, 0.25) is 5.91 Å². The Morgan fingerprint density at radius 2 is 2.00 bits per heavy atom. The van der Waals surface area contributed by atoms with Crippen molar-refractivity contribution >= 4 is 5.91 Å². The predicted molar refractivity (Wildman–Crippen MR) is 61.3 cm³/mol. The molecule has 0 unspecified atom stereocenters. The fraction of sp³-hybridized carbons (Fsp3) is 0.727. The van der Waals surface area contributed by atoms with Crippen molar-refractivity contribution in [2.45, 2.75) is 44.5 Å². The number of allylic oxidation sites excluding steroid dienone is 1. The number of hydrogen-bond acceptors (Lipinski definition) is 6. The highest BCUT2D eigenvalue weighted by Gasteiger charge is 2.46. The molecule has 1 aliphatic rings. The predicted octanol–water partition coefficient (Wildman–Crippen LogP) is -2.13. The fourth-order valence-electron chi connectivity index (χ4n) is 1.69. The van der Waals surface area contributed by atoms with Crippen LogP contribution in [0.3, 0.4) is 0 Å². The molecule has 0 radical (unpaired) electrons. The number of nitrogens with one attached hydrogen (secondary N) is 1. The molecule has 0 aliphatic carbocycles. The third kappa shape index (κ3) is 3.50. The number of aliphatic hydroxyl groups is 4. The molecule has 1 aliphatic heterocycles. The Bertz CT molecular complexity index is 327. The highest BCUT2D eigenvalue weighted by atomic mass is 16.6. The Labute approximate surface area is 105 Å². The first-order valence-electron chi connectivity index (χ1n) is 5.62. The molecule has 7 heteroatoms. The molecule has 5 atom stereocenters. The smallest absolute Gasteiger partial charge is 0.245 e. The van der Waals surface area contributed by atoms with E-state index in [0.717, 1.165) is 5.57 Å². The van der Waals surface area contributed by atoms with Crippen LogP contribution >= 0.6 is 0 Å². The van der Waals surface area contributed by atoms with Crippen molar-refractivity contribution < 1.29 is 30.0 Å². The van der Waals surface area contributed by atoms with Crippen molar-refractivity contribution in [3.63, 3.8) is 0 Å². The average Bonchev–Trinajstić information content (AvgIpc) is 2.55. The molecule has 0 saturated carbocycles. The van der Waals surface area contributed by atoms with Crippen molar-refractivity contribution in [2.24, 2.45) is 0 Å². The molecule has 0 aromatic rings. The standard InChI is InChI=1S/C11H19NO6/c1-5(2)3-7(15)12-11-9(17)8(16)10(18-11)6(14)4-13/h3,6,8-11,13-14,16-17H,4H2,1-2H3,(H,12,15)/t6-,8-,9-,10+,11-/m1/s1. The van der Waals surface area contributed by atoms with Gasteiger partial charge in [0, 0.05) is 6.08 Å². The molecule has 1 rings (SSSR count). The van der Waals surface area contributed by atoms with Crippen LogP contribution in [0, 0.1) is 0 Å². The van der Waals surface area contributed by atoms with Crippen molar-refractivity contribution in [1.82, 2.24) is 5.32 Å². The molecule has 1 fully saturated rings. The molecule has 18 heavy (non-hydrogen) atoms. The van der Waals surface area contributed by atoms with E-state index in [1.54, 1.807) is 13.8 Å². The molecule has 5 N–H and O–H groups in total. The zero-order chi connectivity index (χ0) is 13.9. The third-order valence-corrected chi connectivity index (χ3v) is 2.57. The lowest BCUT2D eigenvalue weighted by Crippen LogP contribution is -2.43. The third-order valence-electron chi connectivity index (χ3n) is 2.57. The van der Waals surface area contributed by atoms with E-state index in [1.807, 2.05) is 0 Å². The molecule has 1 heterocycles. The zero-order valence-electron chi connectivity index (χ0n) is 10.3. The van der Waals surface area contributed by atoms with E-state index in [0.29, 0.717) is 0 Å². The second-order valence-corrected chi connectivity index (χ2v) is 4.48. The summed E-state index contributed by atoms with van der Waals surface area (Å²) < 4.78 is 5.12. The first kappa shape index (κ1) is 15.1. The summed E-state index contributed by atoms with van der Waals surface area (Å²) in [5.41, 5.74) is 0.771. The van der Waals surface area contributed by atoms with Gasteiger partial charge in [0.1, 0.15) is 24.4 Å². The van der Waals surface area contributed by atoms with Crippen LogP contribution in [0.15, 0.2) is 11.6 Å². The maximum absolute atomic E-state index is 11.4. The lowest BCUT2D eigenvalue weighted by molar-refractivity contribution is -0.125. The largest absolute Gasteiger partial charge is 0.394 e. The Kier molecular flexibility index (Phi) is 5.24. The van der Waals surface area contributed by atoms with Gasteiger partial charge in [-0.15, -0.1) is 0 Å². The zero-order valence-corrected chi connectivity index (χ0v) is 10.3. The maximum Gasteiger partial charge on any atom is 0.245 e. The van der Waals surface area contributed by atoms with E-state index in [2.05, 4.69) is 5.32 Å². The van der Waals surface area contributed by atoms with Crippen LogP contribution in [0.1, 0.15) is 13.8 Å². The Balaban J connectivity index is 2.64. The topological polar surface area (TPSA) is 119 Å². The van der Waals surface area contributed by atoms with Crippen LogP contribution in [0.4, 0.5) is 0 Å². The quantitative estimate of drug-likeness (QED) is 0.369. The van der Waals surface area contributed by atoms with Crippen LogP contribution in [0.2, 0.25) is 0 Å². The van der Waals surface area contributed by atoms with Crippen LogP contribution in [-0.2, 0) is 9.53 Å². The van der Waals surface area contributed by atoms with E-state index in [-0.39, 0.29) is 0 Å². The van der Waals surface area contributed by atoms with E-state index in [1.165, 1.54) is 6.08 Å². The summed E-state index contributed by atoms with van der Waals surface area (Å²) >= 11 is 0. The summed E-state index contributed by atoms with van der Waals surface area (Å²) in [7, 11) is 0. The van der Waals surface area contributed by atoms with E-state index in [4.69, 9.17) is 9.84 Å². The second kappa shape index (κ2) is 6.26. The van der Waals surface area contributed by atoms with E-state index < -0.39 is 43.2 Å². The summed E-state index contributed by atoms with van der Waals surface area (Å²) in [4.78, 5) is 11.4. The molecular weight excluding hydrogens is 242 g/mol. The molecule has 104 valence electrons. The van der Waals surface area contributed by atoms with Gasteiger partial charge in [0.25, 0.3) is 0 Å². The monoisotopic (exact) mass is 261 g/mol. The Hall–Kier alpha value is -0.990. The van der Waals surface area contributed by atoms with Gasteiger partial charge in [-0.3, -0.25) is 4.79 Å². The molecule has 1 saturated heterocycles. The molecule has 0 spiro atoms. The summed E-state index contributed by atoms with van der Waals surface area (Å²) in [6.07, 6.45) is -4.98. The van der Waals surface area contributed by atoms with Crippen molar-refractivity contribution in [2.75, 3.05) is 6.61 Å². The van der Waals surface area contributed by atoms with Gasteiger partial charge in [0.05, 0.1) is 6.61 Å². The van der Waals surface area contributed by atoms with Gasteiger partial charge in [-0.05, 0) is 13.8 Å². The lowest BCUT2D eigenvalue weighted by atomic mass is 10.1.